The van der Waals surface area contributed by atoms with Crippen LogP contribution in [0.15, 0.2) is 18.5 Å². The van der Waals surface area contributed by atoms with E-state index < -0.39 is 0 Å². The van der Waals surface area contributed by atoms with Crippen LogP contribution in [0.3, 0.4) is 0 Å². The van der Waals surface area contributed by atoms with Crippen LogP contribution in [0.2, 0.25) is 0 Å². The predicted molar refractivity (Wildman–Crippen MR) is 62.5 cm³/mol. The van der Waals surface area contributed by atoms with Crippen molar-refractivity contribution in [3.63, 3.8) is 0 Å². The molecule has 0 unspecified atom stereocenters. The van der Waals surface area contributed by atoms with Crippen LogP contribution in [0.5, 0.6) is 0 Å². The van der Waals surface area contributed by atoms with Crippen molar-refractivity contribution in [1.82, 2.24) is 9.97 Å². The topological polar surface area (TPSA) is 70.3 Å². The van der Waals surface area contributed by atoms with Crippen molar-refractivity contribution in [2.45, 2.75) is 38.9 Å². The second kappa shape index (κ2) is 4.80. The van der Waals surface area contributed by atoms with Gasteiger partial charge in [0.2, 0.25) is 5.95 Å². The lowest BCUT2D eigenvalue weighted by molar-refractivity contribution is 0.00578. The third-order valence-electron chi connectivity index (χ3n) is 2.72. The number of nitrogen functional groups attached to an aromatic ring is 1. The van der Waals surface area contributed by atoms with Gasteiger partial charge >= 0.3 is 7.69 Å². The first-order valence-corrected chi connectivity index (χ1v) is 5.05. The van der Waals surface area contributed by atoms with Crippen molar-refractivity contribution in [2.24, 2.45) is 0 Å². The van der Waals surface area contributed by atoms with Gasteiger partial charge in [0.25, 0.3) is 0 Å². The van der Waals surface area contributed by atoms with E-state index >= 15 is 0 Å². The van der Waals surface area contributed by atoms with Crippen LogP contribution >= 0.6 is 0 Å². The number of anilines is 1. The minimum absolute atomic E-state index is 0.187. The average Bonchev–Trinajstić information content (AvgIpc) is 2.41. The summed E-state index contributed by atoms with van der Waals surface area (Å²) in [6.45, 7) is 8.04. The fourth-order valence-corrected chi connectivity index (χ4v) is 0.859. The van der Waals surface area contributed by atoms with Crippen LogP contribution in [0.25, 0.3) is 0 Å². The maximum atomic E-state index is 5.21. The number of nitrogens with two attached hydrogens (primary N) is 1. The molecule has 2 N–H and O–H groups in total. The lowest BCUT2D eigenvalue weighted by Gasteiger charge is -2.32. The molecule has 0 spiro atoms. The Bertz CT molecular complexity index is 316. The van der Waals surface area contributed by atoms with Crippen molar-refractivity contribution in [2.75, 3.05) is 5.73 Å². The van der Waals surface area contributed by atoms with E-state index in [0.29, 0.717) is 5.95 Å². The Hall–Kier alpha value is -1.14. The van der Waals surface area contributed by atoms with E-state index in [1.807, 2.05) is 27.7 Å². The average molecular weight is 222 g/mol. The molecule has 1 aliphatic heterocycles. The smallest absolute Gasteiger partial charge is 0.405 e. The lowest BCUT2D eigenvalue weighted by atomic mass is 9.90. The fourth-order valence-electron chi connectivity index (χ4n) is 0.859. The van der Waals surface area contributed by atoms with Crippen molar-refractivity contribution < 1.29 is 9.31 Å². The molecule has 1 saturated heterocycles. The molecule has 2 heterocycles. The summed E-state index contributed by atoms with van der Waals surface area (Å²) in [6, 6.07) is 1.72. The second-order valence-electron chi connectivity index (χ2n) is 4.46. The number of rotatable bonds is 0. The zero-order valence-corrected chi connectivity index (χ0v) is 10.1. The van der Waals surface area contributed by atoms with Gasteiger partial charge in [-0.3, -0.25) is 0 Å². The molecule has 0 saturated carbocycles. The minimum Gasteiger partial charge on any atom is -0.405 e. The molecule has 2 rings (SSSR count). The molecule has 1 aromatic rings. The fraction of sp³-hybridized carbons (Fsp3) is 0.600. The first-order valence-electron chi connectivity index (χ1n) is 5.05. The first kappa shape index (κ1) is 12.9. The summed E-state index contributed by atoms with van der Waals surface area (Å²) in [5.74, 6) is 0.322. The summed E-state index contributed by atoms with van der Waals surface area (Å²) < 4.78 is 10.4. The third-order valence-corrected chi connectivity index (χ3v) is 2.72. The zero-order chi connectivity index (χ0) is 12.2. The van der Waals surface area contributed by atoms with Gasteiger partial charge in [-0.05, 0) is 33.8 Å². The monoisotopic (exact) mass is 222 g/mol. The highest BCUT2D eigenvalue weighted by Crippen LogP contribution is 2.33. The summed E-state index contributed by atoms with van der Waals surface area (Å²) in [6.07, 6.45) is 3.20. The maximum Gasteiger partial charge on any atom is 0.488 e. The lowest BCUT2D eigenvalue weighted by Crippen LogP contribution is -2.41. The van der Waals surface area contributed by atoms with Crippen molar-refractivity contribution in [3.8, 4) is 0 Å². The molecule has 1 fully saturated rings. The van der Waals surface area contributed by atoms with Gasteiger partial charge in [-0.25, -0.2) is 9.97 Å². The van der Waals surface area contributed by atoms with Crippen LogP contribution < -0.4 is 5.73 Å². The maximum absolute atomic E-state index is 5.21. The molecular formula is C10H17BN3O2. The standard InChI is InChI=1S/C6H12BO2.C4H5N3/c1-5(2)6(3,4)9-7-8-5;5-4-6-2-1-3-7-4/h1-4H3;1-3H,(H2,5,6,7). The van der Waals surface area contributed by atoms with Gasteiger partial charge in [0.15, 0.2) is 0 Å². The van der Waals surface area contributed by atoms with Crippen molar-refractivity contribution in [1.29, 1.82) is 0 Å². The Morgan fingerprint density at radius 2 is 1.50 bits per heavy atom. The van der Waals surface area contributed by atoms with E-state index in [9.17, 15) is 0 Å². The Morgan fingerprint density at radius 3 is 1.69 bits per heavy atom. The summed E-state index contributed by atoms with van der Waals surface area (Å²) >= 11 is 0. The van der Waals surface area contributed by atoms with Crippen LogP contribution in [0, 0.1) is 0 Å². The highest BCUT2D eigenvalue weighted by Gasteiger charge is 2.44. The number of aromatic nitrogens is 2. The predicted octanol–water partition coefficient (Wildman–Crippen LogP) is 1.18. The van der Waals surface area contributed by atoms with E-state index in [-0.39, 0.29) is 11.2 Å². The van der Waals surface area contributed by atoms with Gasteiger partial charge in [0.05, 0.1) is 11.2 Å². The molecule has 0 aliphatic carbocycles. The molecular weight excluding hydrogens is 205 g/mol. The Morgan fingerprint density at radius 1 is 1.06 bits per heavy atom. The number of hydrogen-bond acceptors (Lipinski definition) is 5. The van der Waals surface area contributed by atoms with Crippen LogP contribution in [0.1, 0.15) is 27.7 Å². The Balaban J connectivity index is 0.000000165. The van der Waals surface area contributed by atoms with E-state index in [1.165, 1.54) is 7.69 Å². The summed E-state index contributed by atoms with van der Waals surface area (Å²) in [5, 5.41) is 0. The minimum atomic E-state index is -0.188. The van der Waals surface area contributed by atoms with Gasteiger partial charge in [-0.1, -0.05) is 0 Å². The van der Waals surface area contributed by atoms with E-state index in [2.05, 4.69) is 9.97 Å². The van der Waals surface area contributed by atoms with E-state index in [1.54, 1.807) is 18.5 Å². The van der Waals surface area contributed by atoms with Gasteiger partial charge in [-0.15, -0.1) is 0 Å². The molecule has 0 atom stereocenters. The molecule has 0 aromatic carbocycles. The SMILES string of the molecule is CC1(C)O[B]OC1(C)C.Nc1ncccn1. The van der Waals surface area contributed by atoms with Gasteiger partial charge in [-0.2, -0.15) is 0 Å². The Kier molecular flexibility index (Phi) is 3.88. The largest absolute Gasteiger partial charge is 0.488 e. The van der Waals surface area contributed by atoms with Crippen LogP contribution in [0.4, 0.5) is 5.95 Å². The molecule has 1 radical (unpaired) electrons. The third kappa shape index (κ3) is 3.18. The Labute approximate surface area is 96.7 Å². The summed E-state index contributed by atoms with van der Waals surface area (Å²) in [7, 11) is 1.42. The molecule has 0 bridgehead atoms. The first-order chi connectivity index (χ1) is 7.35. The molecule has 87 valence electrons. The van der Waals surface area contributed by atoms with E-state index in [4.69, 9.17) is 15.0 Å². The van der Waals surface area contributed by atoms with Gasteiger partial charge < -0.3 is 15.0 Å². The second-order valence-corrected chi connectivity index (χ2v) is 4.46. The molecule has 5 nitrogen and oxygen atoms in total. The molecule has 16 heavy (non-hydrogen) atoms. The highest BCUT2D eigenvalue weighted by molar-refractivity contribution is 6.19. The van der Waals surface area contributed by atoms with Gasteiger partial charge in [0, 0.05) is 12.4 Å². The molecule has 1 aromatic heterocycles. The van der Waals surface area contributed by atoms with Crippen LogP contribution in [-0.4, -0.2) is 28.9 Å². The number of hydrogen-bond donors (Lipinski definition) is 1. The molecule has 6 heteroatoms. The quantitative estimate of drug-likeness (QED) is 0.667. The number of nitrogens with zero attached hydrogens (tertiary/aromatic N) is 2. The van der Waals surface area contributed by atoms with E-state index in [0.717, 1.165) is 0 Å². The van der Waals surface area contributed by atoms with Crippen molar-refractivity contribution >= 4 is 13.6 Å². The summed E-state index contributed by atoms with van der Waals surface area (Å²) in [5.41, 5.74) is 4.76. The van der Waals surface area contributed by atoms with Crippen LogP contribution in [-0.2, 0) is 9.31 Å². The molecule has 1 aliphatic rings. The normalized spacial score (nSPS) is 20.5. The molecule has 0 amide bonds. The van der Waals surface area contributed by atoms with Gasteiger partial charge in [0.1, 0.15) is 0 Å². The zero-order valence-electron chi connectivity index (χ0n) is 10.1. The van der Waals surface area contributed by atoms with Crippen molar-refractivity contribution in [3.05, 3.63) is 18.5 Å². The summed E-state index contributed by atoms with van der Waals surface area (Å²) in [4.78, 5) is 7.29. The highest BCUT2D eigenvalue weighted by atomic mass is 16.7.